The fourth-order valence-electron chi connectivity index (χ4n) is 4.17. The van der Waals surface area contributed by atoms with Gasteiger partial charge in [0.1, 0.15) is 0 Å². The molecule has 3 aliphatic rings. The molecule has 1 aliphatic heterocycles. The molecule has 2 saturated carbocycles. The molecule has 3 atom stereocenters. The van der Waals surface area contributed by atoms with Gasteiger partial charge in [0, 0.05) is 13.0 Å². The summed E-state index contributed by atoms with van der Waals surface area (Å²) in [4.78, 5) is 0. The van der Waals surface area contributed by atoms with Crippen LogP contribution < -0.4 is 5.73 Å². The Hall–Kier alpha value is -0.120. The van der Waals surface area contributed by atoms with Crippen LogP contribution in [0.3, 0.4) is 0 Å². The molecule has 0 radical (unpaired) electrons. The van der Waals surface area contributed by atoms with Crippen LogP contribution in [0, 0.1) is 5.92 Å². The molecule has 3 heteroatoms. The summed E-state index contributed by atoms with van der Waals surface area (Å²) >= 11 is 0. The molecule has 2 aliphatic carbocycles. The van der Waals surface area contributed by atoms with Crippen LogP contribution >= 0.6 is 0 Å². The summed E-state index contributed by atoms with van der Waals surface area (Å²) in [5.74, 6) is 0.604. The van der Waals surface area contributed by atoms with Gasteiger partial charge in [0.2, 0.25) is 0 Å². The van der Waals surface area contributed by atoms with Gasteiger partial charge in [0.25, 0.3) is 0 Å². The average molecular weight is 253 g/mol. The second-order valence-electron chi connectivity index (χ2n) is 6.45. The third kappa shape index (κ3) is 2.59. The largest absolute Gasteiger partial charge is 0.375 e. The Kier molecular flexibility index (Phi) is 3.92. The monoisotopic (exact) mass is 253 g/mol. The highest BCUT2D eigenvalue weighted by molar-refractivity contribution is 4.92. The van der Waals surface area contributed by atoms with Gasteiger partial charge in [-0.2, -0.15) is 0 Å². The average Bonchev–Trinajstić information content (AvgIpc) is 2.99. The first-order valence-corrected chi connectivity index (χ1v) is 7.81. The quantitative estimate of drug-likeness (QED) is 0.841. The van der Waals surface area contributed by atoms with Crippen molar-refractivity contribution in [1.82, 2.24) is 0 Å². The van der Waals surface area contributed by atoms with Gasteiger partial charge in [0.05, 0.1) is 17.8 Å². The molecule has 1 heterocycles. The Bertz CT molecular complexity index is 276. The number of hydrogen-bond acceptors (Lipinski definition) is 3. The van der Waals surface area contributed by atoms with Crippen molar-refractivity contribution >= 4 is 0 Å². The van der Waals surface area contributed by atoms with E-state index in [1.165, 1.54) is 44.9 Å². The van der Waals surface area contributed by atoms with Crippen LogP contribution in [0.5, 0.6) is 0 Å². The Morgan fingerprint density at radius 1 is 1.11 bits per heavy atom. The highest BCUT2D eigenvalue weighted by Crippen LogP contribution is 2.41. The minimum Gasteiger partial charge on any atom is -0.375 e. The number of rotatable bonds is 3. The van der Waals surface area contributed by atoms with Crippen LogP contribution in [0.2, 0.25) is 0 Å². The molecular weight excluding hydrogens is 226 g/mol. The van der Waals surface area contributed by atoms with E-state index in [1.54, 1.807) is 0 Å². The summed E-state index contributed by atoms with van der Waals surface area (Å²) in [5, 5.41) is 0. The molecule has 3 unspecified atom stereocenters. The summed E-state index contributed by atoms with van der Waals surface area (Å²) in [6.07, 6.45) is 12.0. The van der Waals surface area contributed by atoms with Crippen molar-refractivity contribution < 1.29 is 9.47 Å². The molecule has 0 aromatic heterocycles. The SMILES string of the molecule is NCC1CCCC1OC1CCOC2(CCCC2)C1. The first kappa shape index (κ1) is 12.9. The molecule has 3 fully saturated rings. The normalized spacial score (nSPS) is 39.5. The zero-order valence-electron chi connectivity index (χ0n) is 11.4. The summed E-state index contributed by atoms with van der Waals surface area (Å²) in [6.45, 7) is 1.68. The predicted octanol–water partition coefficient (Wildman–Crippen LogP) is 2.62. The number of hydrogen-bond donors (Lipinski definition) is 1. The fourth-order valence-corrected chi connectivity index (χ4v) is 4.17. The predicted molar refractivity (Wildman–Crippen MR) is 71.4 cm³/mol. The molecule has 2 N–H and O–H groups in total. The lowest BCUT2D eigenvalue weighted by Crippen LogP contribution is -2.42. The number of nitrogens with two attached hydrogens (primary N) is 1. The lowest BCUT2D eigenvalue weighted by molar-refractivity contribution is -0.149. The van der Waals surface area contributed by atoms with E-state index in [9.17, 15) is 0 Å². The van der Waals surface area contributed by atoms with E-state index in [0.717, 1.165) is 26.0 Å². The van der Waals surface area contributed by atoms with Crippen LogP contribution in [-0.2, 0) is 9.47 Å². The molecule has 1 spiro atoms. The van der Waals surface area contributed by atoms with Crippen LogP contribution in [-0.4, -0.2) is 31.0 Å². The van der Waals surface area contributed by atoms with Crippen molar-refractivity contribution in [2.45, 2.75) is 75.6 Å². The van der Waals surface area contributed by atoms with E-state index in [4.69, 9.17) is 15.2 Å². The molecule has 0 aromatic rings. The Morgan fingerprint density at radius 2 is 1.94 bits per heavy atom. The standard InChI is InChI=1S/C15H27NO2/c16-11-12-4-3-5-14(12)18-13-6-9-17-15(10-13)7-1-2-8-15/h12-14H,1-11,16H2. The molecule has 0 amide bonds. The second kappa shape index (κ2) is 5.48. The minimum atomic E-state index is 0.180. The van der Waals surface area contributed by atoms with Gasteiger partial charge in [-0.1, -0.05) is 19.3 Å². The van der Waals surface area contributed by atoms with Crippen molar-refractivity contribution in [3.8, 4) is 0 Å². The van der Waals surface area contributed by atoms with E-state index in [0.29, 0.717) is 18.1 Å². The topological polar surface area (TPSA) is 44.5 Å². The lowest BCUT2D eigenvalue weighted by Gasteiger charge is -2.39. The zero-order chi connectivity index (χ0) is 12.4. The van der Waals surface area contributed by atoms with E-state index >= 15 is 0 Å². The maximum Gasteiger partial charge on any atom is 0.0707 e. The molecule has 3 rings (SSSR count). The van der Waals surface area contributed by atoms with Gasteiger partial charge in [-0.3, -0.25) is 0 Å². The number of ether oxygens (including phenoxy) is 2. The molecule has 104 valence electrons. The third-order valence-electron chi connectivity index (χ3n) is 5.22. The van der Waals surface area contributed by atoms with Gasteiger partial charge in [-0.15, -0.1) is 0 Å². The van der Waals surface area contributed by atoms with Gasteiger partial charge in [0.15, 0.2) is 0 Å². The van der Waals surface area contributed by atoms with Gasteiger partial charge >= 0.3 is 0 Å². The summed E-state index contributed by atoms with van der Waals surface area (Å²) < 4.78 is 12.5. The van der Waals surface area contributed by atoms with Gasteiger partial charge < -0.3 is 15.2 Å². The summed E-state index contributed by atoms with van der Waals surface area (Å²) in [5.41, 5.74) is 6.02. The summed E-state index contributed by atoms with van der Waals surface area (Å²) in [6, 6.07) is 0. The van der Waals surface area contributed by atoms with Crippen molar-refractivity contribution in [2.75, 3.05) is 13.2 Å². The third-order valence-corrected chi connectivity index (χ3v) is 5.22. The van der Waals surface area contributed by atoms with E-state index in [2.05, 4.69) is 0 Å². The van der Waals surface area contributed by atoms with Crippen molar-refractivity contribution in [3.05, 3.63) is 0 Å². The molecule has 18 heavy (non-hydrogen) atoms. The van der Waals surface area contributed by atoms with Crippen molar-refractivity contribution in [3.63, 3.8) is 0 Å². The Labute approximate surface area is 110 Å². The minimum absolute atomic E-state index is 0.180. The highest BCUT2D eigenvalue weighted by Gasteiger charge is 2.41. The smallest absolute Gasteiger partial charge is 0.0707 e. The van der Waals surface area contributed by atoms with Crippen molar-refractivity contribution in [2.24, 2.45) is 11.7 Å². The second-order valence-corrected chi connectivity index (χ2v) is 6.45. The fraction of sp³-hybridized carbons (Fsp3) is 1.00. The Morgan fingerprint density at radius 3 is 2.72 bits per heavy atom. The van der Waals surface area contributed by atoms with E-state index < -0.39 is 0 Å². The molecule has 3 nitrogen and oxygen atoms in total. The maximum atomic E-state index is 6.38. The van der Waals surface area contributed by atoms with E-state index in [-0.39, 0.29) is 5.60 Å². The summed E-state index contributed by atoms with van der Waals surface area (Å²) in [7, 11) is 0. The first-order chi connectivity index (χ1) is 8.81. The maximum absolute atomic E-state index is 6.38. The van der Waals surface area contributed by atoms with Gasteiger partial charge in [-0.05, 0) is 44.6 Å². The van der Waals surface area contributed by atoms with Gasteiger partial charge in [-0.25, -0.2) is 0 Å². The molecule has 1 saturated heterocycles. The van der Waals surface area contributed by atoms with E-state index in [1.807, 2.05) is 0 Å². The Balaban J connectivity index is 1.56. The first-order valence-electron chi connectivity index (χ1n) is 7.81. The molecule has 0 aromatic carbocycles. The van der Waals surface area contributed by atoms with Crippen molar-refractivity contribution in [1.29, 1.82) is 0 Å². The zero-order valence-corrected chi connectivity index (χ0v) is 11.4. The van der Waals surface area contributed by atoms with Crippen LogP contribution in [0.15, 0.2) is 0 Å². The lowest BCUT2D eigenvalue weighted by atomic mass is 9.90. The van der Waals surface area contributed by atoms with Crippen LogP contribution in [0.4, 0.5) is 0 Å². The highest BCUT2D eigenvalue weighted by atomic mass is 16.5. The molecular formula is C15H27NO2. The molecule has 0 bridgehead atoms. The van der Waals surface area contributed by atoms with Crippen LogP contribution in [0.25, 0.3) is 0 Å². The van der Waals surface area contributed by atoms with Crippen LogP contribution in [0.1, 0.15) is 57.8 Å².